The summed E-state index contributed by atoms with van der Waals surface area (Å²) in [5, 5.41) is 0. The van der Waals surface area contributed by atoms with E-state index in [1.807, 2.05) is 6.92 Å². The smallest absolute Gasteiger partial charge is 0.341 e. The predicted octanol–water partition coefficient (Wildman–Crippen LogP) is 2.81. The lowest BCUT2D eigenvalue weighted by molar-refractivity contribution is -0.133. The molecular weight excluding hydrogens is 410 g/mol. The Morgan fingerprint density at radius 1 is 1.10 bits per heavy atom. The molecule has 8 nitrogen and oxygen atoms in total. The maximum atomic E-state index is 13.0. The van der Waals surface area contributed by atoms with Crippen LogP contribution in [0, 0.1) is 6.92 Å². The molecule has 0 atom stereocenters. The molecule has 160 valence electrons. The second-order valence-corrected chi connectivity index (χ2v) is 8.13. The molecule has 0 aliphatic heterocycles. The first-order chi connectivity index (χ1) is 14.3. The topological polar surface area (TPSA) is 103 Å². The van der Waals surface area contributed by atoms with Crippen molar-refractivity contribution in [1.82, 2.24) is 4.31 Å². The molecule has 9 heteroatoms. The van der Waals surface area contributed by atoms with E-state index in [4.69, 9.17) is 9.15 Å². The van der Waals surface area contributed by atoms with Crippen molar-refractivity contribution in [3.8, 4) is 0 Å². The number of rotatable bonds is 9. The van der Waals surface area contributed by atoms with Gasteiger partial charge in [0.15, 0.2) is 5.76 Å². The maximum absolute atomic E-state index is 13.0. The van der Waals surface area contributed by atoms with Gasteiger partial charge in [0.25, 0.3) is 0 Å². The van der Waals surface area contributed by atoms with E-state index in [-0.39, 0.29) is 34.9 Å². The lowest BCUT2D eigenvalue weighted by Gasteiger charge is -2.19. The van der Waals surface area contributed by atoms with Gasteiger partial charge in [-0.15, -0.1) is 6.58 Å². The Morgan fingerprint density at radius 3 is 2.33 bits per heavy atom. The molecule has 1 aromatic carbocycles. The van der Waals surface area contributed by atoms with Crippen molar-refractivity contribution in [1.29, 1.82) is 0 Å². The first-order valence-electron chi connectivity index (χ1n) is 8.88. The number of ether oxygens (including phenoxy) is 2. The molecule has 0 saturated carbocycles. The Morgan fingerprint density at radius 2 is 1.77 bits per heavy atom. The van der Waals surface area contributed by atoms with Gasteiger partial charge < -0.3 is 13.9 Å². The molecule has 0 bridgehead atoms. The van der Waals surface area contributed by atoms with E-state index in [9.17, 15) is 18.0 Å². The summed E-state index contributed by atoms with van der Waals surface area (Å²) in [4.78, 5) is 24.4. The average Bonchev–Trinajstić information content (AvgIpc) is 3.22. The van der Waals surface area contributed by atoms with Crippen LogP contribution in [0.2, 0.25) is 0 Å². The van der Waals surface area contributed by atoms with Gasteiger partial charge in [0, 0.05) is 13.1 Å². The molecule has 0 aliphatic rings. The first-order valence-corrected chi connectivity index (χ1v) is 10.3. The molecule has 0 radical (unpaired) electrons. The Bertz CT molecular complexity index is 1050. The van der Waals surface area contributed by atoms with Gasteiger partial charge in [-0.25, -0.2) is 18.0 Å². The predicted molar refractivity (Wildman–Crippen MR) is 110 cm³/mol. The minimum absolute atomic E-state index is 0.00315. The van der Waals surface area contributed by atoms with Gasteiger partial charge in [0.05, 0.1) is 25.4 Å². The summed E-state index contributed by atoms with van der Waals surface area (Å²) >= 11 is 0. The number of methoxy groups -OCH3 is 2. The molecule has 0 aliphatic carbocycles. The number of esters is 2. The van der Waals surface area contributed by atoms with Crippen LogP contribution in [0.4, 0.5) is 0 Å². The van der Waals surface area contributed by atoms with Gasteiger partial charge in [-0.2, -0.15) is 4.31 Å². The number of furan rings is 1. The Balaban J connectivity index is 2.46. The zero-order valence-corrected chi connectivity index (χ0v) is 17.8. The van der Waals surface area contributed by atoms with Gasteiger partial charge >= 0.3 is 11.9 Å². The van der Waals surface area contributed by atoms with Gasteiger partial charge in [-0.05, 0) is 25.1 Å². The summed E-state index contributed by atoms with van der Waals surface area (Å²) in [6.45, 7) is 5.27. The molecule has 0 N–H and O–H groups in total. The van der Waals surface area contributed by atoms with Crippen LogP contribution in [-0.2, 0) is 24.3 Å². The minimum Gasteiger partial charge on any atom is -0.465 e. The van der Waals surface area contributed by atoms with Crippen LogP contribution in [0.15, 0.2) is 64.6 Å². The second kappa shape index (κ2) is 10.0. The van der Waals surface area contributed by atoms with Crippen molar-refractivity contribution in [2.24, 2.45) is 0 Å². The van der Waals surface area contributed by atoms with Gasteiger partial charge in [0.1, 0.15) is 11.1 Å². The molecule has 0 saturated heterocycles. The van der Waals surface area contributed by atoms with E-state index in [0.29, 0.717) is 0 Å². The third-order valence-electron chi connectivity index (χ3n) is 4.21. The fourth-order valence-corrected chi connectivity index (χ4v) is 3.99. The molecule has 30 heavy (non-hydrogen) atoms. The monoisotopic (exact) mass is 433 g/mol. The van der Waals surface area contributed by atoms with E-state index in [2.05, 4.69) is 11.3 Å². The number of benzene rings is 1. The second-order valence-electron chi connectivity index (χ2n) is 6.19. The van der Waals surface area contributed by atoms with Crippen molar-refractivity contribution in [2.45, 2.75) is 11.8 Å². The van der Waals surface area contributed by atoms with E-state index in [0.717, 1.165) is 9.87 Å². The summed E-state index contributed by atoms with van der Waals surface area (Å²) in [5.74, 6) is -1.56. The lowest BCUT2D eigenvalue weighted by Crippen LogP contribution is -2.31. The van der Waals surface area contributed by atoms with E-state index in [1.54, 1.807) is 12.1 Å². The molecule has 0 unspecified atom stereocenters. The van der Waals surface area contributed by atoms with Gasteiger partial charge in [-0.3, -0.25) is 0 Å². The van der Waals surface area contributed by atoms with Gasteiger partial charge in [-0.1, -0.05) is 29.8 Å². The van der Waals surface area contributed by atoms with Crippen LogP contribution in [0.1, 0.15) is 21.7 Å². The molecule has 2 aromatic rings. The van der Waals surface area contributed by atoms with Crippen LogP contribution in [0.25, 0.3) is 5.57 Å². The number of aryl methyl sites for hydroxylation is 1. The zero-order chi connectivity index (χ0) is 22.3. The van der Waals surface area contributed by atoms with Crippen molar-refractivity contribution >= 4 is 27.5 Å². The fraction of sp³-hybridized carbons (Fsp3) is 0.238. The molecular formula is C21H23NO7S. The van der Waals surface area contributed by atoms with Crippen LogP contribution < -0.4 is 0 Å². The largest absolute Gasteiger partial charge is 0.465 e. The standard InChI is InChI=1S/C21H23NO7S/c1-5-12-22(30(25,26)16-8-6-15(2)7-9-16)13-10-17(20(23)27-3)19-18(11-14-29-19)21(24)28-4/h5-11,14H,1,12-13H2,2-4H3/b17-10+. The summed E-state index contributed by atoms with van der Waals surface area (Å²) in [7, 11) is -1.50. The number of nitrogens with zero attached hydrogens (tertiary/aromatic N) is 1. The van der Waals surface area contributed by atoms with E-state index >= 15 is 0 Å². The lowest BCUT2D eigenvalue weighted by atomic mass is 10.1. The summed E-state index contributed by atoms with van der Waals surface area (Å²) < 4.78 is 41.9. The SMILES string of the molecule is C=CCN(C/C=C(/C(=O)OC)c1occc1C(=O)OC)S(=O)(=O)c1ccc(C)cc1. The van der Waals surface area contributed by atoms with E-state index in [1.165, 1.54) is 50.8 Å². The Kier molecular flexibility index (Phi) is 7.73. The summed E-state index contributed by atoms with van der Waals surface area (Å²) in [5.41, 5.74) is 0.840. The highest BCUT2D eigenvalue weighted by molar-refractivity contribution is 7.89. The van der Waals surface area contributed by atoms with E-state index < -0.39 is 22.0 Å². The molecule has 0 spiro atoms. The molecule has 2 rings (SSSR count). The van der Waals surface area contributed by atoms with Crippen LogP contribution >= 0.6 is 0 Å². The quantitative estimate of drug-likeness (QED) is 0.340. The Hall–Kier alpha value is -3.17. The van der Waals surface area contributed by atoms with Gasteiger partial charge in [0.2, 0.25) is 10.0 Å². The van der Waals surface area contributed by atoms with Crippen LogP contribution in [0.3, 0.4) is 0 Å². The minimum atomic E-state index is -3.86. The summed E-state index contributed by atoms with van der Waals surface area (Å²) in [6.07, 6.45) is 3.99. The third kappa shape index (κ3) is 5.05. The first kappa shape index (κ1) is 23.1. The number of carbonyl (C=O) groups is 2. The van der Waals surface area contributed by atoms with Crippen molar-refractivity contribution in [3.05, 3.63) is 72.2 Å². The average molecular weight is 433 g/mol. The molecule has 0 amide bonds. The summed E-state index contributed by atoms with van der Waals surface area (Å²) in [6, 6.07) is 7.75. The zero-order valence-electron chi connectivity index (χ0n) is 17.0. The number of carbonyl (C=O) groups excluding carboxylic acids is 2. The van der Waals surface area contributed by atoms with Crippen molar-refractivity contribution in [3.63, 3.8) is 0 Å². The molecule has 0 fully saturated rings. The van der Waals surface area contributed by atoms with Crippen LogP contribution in [-0.4, -0.2) is 52.0 Å². The van der Waals surface area contributed by atoms with Crippen LogP contribution in [0.5, 0.6) is 0 Å². The highest BCUT2D eigenvalue weighted by Crippen LogP contribution is 2.24. The highest BCUT2D eigenvalue weighted by Gasteiger charge is 2.27. The third-order valence-corrected chi connectivity index (χ3v) is 6.06. The molecule has 1 heterocycles. The molecule has 1 aromatic heterocycles. The fourth-order valence-electron chi connectivity index (χ4n) is 2.63. The highest BCUT2D eigenvalue weighted by atomic mass is 32.2. The Labute approximate surface area is 175 Å². The van der Waals surface area contributed by atoms with Crippen molar-refractivity contribution in [2.75, 3.05) is 27.3 Å². The van der Waals surface area contributed by atoms with Crippen molar-refractivity contribution < 1.29 is 31.9 Å². The number of sulfonamides is 1. The normalized spacial score (nSPS) is 11.9. The number of hydrogen-bond donors (Lipinski definition) is 0. The number of hydrogen-bond acceptors (Lipinski definition) is 7. The maximum Gasteiger partial charge on any atom is 0.341 e.